The average Bonchev–Trinajstić information content (AvgIpc) is 3.27. The van der Waals surface area contributed by atoms with Gasteiger partial charge in [-0.15, -0.1) is 0 Å². The fraction of sp³-hybridized carbons (Fsp3) is 0.696. The van der Waals surface area contributed by atoms with Crippen LogP contribution in [0.4, 0.5) is 0 Å². The number of hydrogen-bond donors (Lipinski definition) is 0. The number of allylic oxidation sites excluding steroid dienone is 14. The Morgan fingerprint density at radius 3 is 1.02 bits per heavy atom. The lowest BCUT2D eigenvalue weighted by Gasteiger charge is -2.18. The molecule has 0 heterocycles. The van der Waals surface area contributed by atoms with Gasteiger partial charge < -0.3 is 14.2 Å². The minimum absolute atomic E-state index is 0.0976. The van der Waals surface area contributed by atoms with Crippen LogP contribution in [0.3, 0.4) is 0 Å². The van der Waals surface area contributed by atoms with E-state index < -0.39 is 6.10 Å². The lowest BCUT2D eigenvalue weighted by Crippen LogP contribution is -2.30. The normalized spacial score (nSPS) is 12.8. The Morgan fingerprint density at radius 2 is 0.629 bits per heavy atom. The zero-order chi connectivity index (χ0) is 45.1. The highest BCUT2D eigenvalue weighted by atomic mass is 16.6. The molecule has 0 bridgehead atoms. The summed E-state index contributed by atoms with van der Waals surface area (Å²) in [5.41, 5.74) is 0. The highest BCUT2D eigenvalue weighted by Crippen LogP contribution is 2.13. The molecule has 0 aliphatic heterocycles. The van der Waals surface area contributed by atoms with Crippen molar-refractivity contribution in [2.45, 2.75) is 239 Å². The van der Waals surface area contributed by atoms with Gasteiger partial charge in [-0.1, -0.05) is 202 Å². The third kappa shape index (κ3) is 47.6. The molecular formula is C56H94O6. The van der Waals surface area contributed by atoms with E-state index in [9.17, 15) is 14.4 Å². The molecular weight excluding hydrogens is 769 g/mol. The van der Waals surface area contributed by atoms with Crippen molar-refractivity contribution >= 4 is 17.9 Å². The molecule has 0 aromatic carbocycles. The molecule has 0 radical (unpaired) electrons. The fourth-order valence-corrected chi connectivity index (χ4v) is 6.79. The quantitative estimate of drug-likeness (QED) is 0.0263. The average molecular weight is 863 g/mol. The van der Waals surface area contributed by atoms with Crippen molar-refractivity contribution in [1.82, 2.24) is 0 Å². The maximum absolute atomic E-state index is 12.7. The molecule has 0 spiro atoms. The van der Waals surface area contributed by atoms with Crippen LogP contribution in [-0.2, 0) is 28.6 Å². The predicted octanol–water partition coefficient (Wildman–Crippen LogP) is 16.8. The predicted molar refractivity (Wildman–Crippen MR) is 265 cm³/mol. The van der Waals surface area contributed by atoms with E-state index in [1.54, 1.807) is 0 Å². The fourth-order valence-electron chi connectivity index (χ4n) is 6.79. The van der Waals surface area contributed by atoms with Crippen LogP contribution in [0.2, 0.25) is 0 Å². The molecule has 0 aliphatic carbocycles. The minimum atomic E-state index is -0.801. The second kappa shape index (κ2) is 50.2. The number of ether oxygens (including phenoxy) is 3. The van der Waals surface area contributed by atoms with E-state index in [1.807, 2.05) is 0 Å². The van der Waals surface area contributed by atoms with Crippen molar-refractivity contribution in [3.05, 3.63) is 85.1 Å². The smallest absolute Gasteiger partial charge is 0.306 e. The first-order valence-electron chi connectivity index (χ1n) is 25.6. The van der Waals surface area contributed by atoms with Crippen molar-refractivity contribution in [3.8, 4) is 0 Å². The minimum Gasteiger partial charge on any atom is -0.462 e. The summed E-state index contributed by atoms with van der Waals surface area (Å²) in [5, 5.41) is 0. The molecule has 0 saturated carbocycles. The van der Waals surface area contributed by atoms with Gasteiger partial charge in [-0.05, 0) is 96.3 Å². The molecule has 6 heteroatoms. The Morgan fingerprint density at radius 1 is 0.339 bits per heavy atom. The molecule has 0 rings (SSSR count). The van der Waals surface area contributed by atoms with Gasteiger partial charge >= 0.3 is 17.9 Å². The first-order valence-corrected chi connectivity index (χ1v) is 25.6. The third-order valence-electron chi connectivity index (χ3n) is 10.6. The van der Waals surface area contributed by atoms with Crippen LogP contribution >= 0.6 is 0 Å². The van der Waals surface area contributed by atoms with Crippen LogP contribution in [0, 0.1) is 0 Å². The topological polar surface area (TPSA) is 78.9 Å². The summed E-state index contributed by atoms with van der Waals surface area (Å²) in [6.07, 6.45) is 64.4. The van der Waals surface area contributed by atoms with Gasteiger partial charge in [0.2, 0.25) is 0 Å². The van der Waals surface area contributed by atoms with Gasteiger partial charge in [-0.2, -0.15) is 0 Å². The van der Waals surface area contributed by atoms with Crippen LogP contribution in [-0.4, -0.2) is 37.2 Å². The first kappa shape index (κ1) is 58.6. The van der Waals surface area contributed by atoms with E-state index in [1.165, 1.54) is 89.9 Å². The molecule has 1 atom stereocenters. The summed E-state index contributed by atoms with van der Waals surface area (Å²) >= 11 is 0. The molecule has 0 saturated heterocycles. The molecule has 1 unspecified atom stereocenters. The molecule has 0 fully saturated rings. The van der Waals surface area contributed by atoms with Crippen molar-refractivity contribution in [2.75, 3.05) is 13.2 Å². The summed E-state index contributed by atoms with van der Waals surface area (Å²) < 4.78 is 16.7. The van der Waals surface area contributed by atoms with Crippen LogP contribution in [0.5, 0.6) is 0 Å². The zero-order valence-corrected chi connectivity index (χ0v) is 40.4. The molecule has 0 aromatic heterocycles. The van der Waals surface area contributed by atoms with E-state index in [0.29, 0.717) is 19.3 Å². The van der Waals surface area contributed by atoms with Gasteiger partial charge in [0.05, 0.1) is 0 Å². The molecule has 0 aliphatic rings. The standard InChI is InChI=1S/C56H94O6/c1-4-7-10-13-16-19-21-23-25-26-27-28-29-30-32-33-35-37-40-43-46-49-55(58)61-52-53(51-60-54(57)48-45-42-39-18-15-12-9-6-3)62-56(59)50-47-44-41-38-36-34-31-24-22-20-17-14-11-8-5-2/h8,11,17,20-21,23-24,26-27,29-31,36,38,53H,4-7,9-10,12-16,18-19,22,25,28,32-35,37,39-52H2,1-3H3/b11-8-,20-17-,23-21-,27-26-,30-29-,31-24-,38-36-. The van der Waals surface area contributed by atoms with E-state index in [4.69, 9.17) is 14.2 Å². The van der Waals surface area contributed by atoms with Crippen molar-refractivity contribution in [2.24, 2.45) is 0 Å². The maximum atomic E-state index is 12.7. The molecule has 62 heavy (non-hydrogen) atoms. The van der Waals surface area contributed by atoms with Crippen LogP contribution in [0.1, 0.15) is 233 Å². The number of carbonyl (C=O) groups excluding carboxylic acids is 3. The first-order chi connectivity index (χ1) is 30.5. The Hall–Kier alpha value is -3.41. The Bertz CT molecular complexity index is 1220. The highest BCUT2D eigenvalue weighted by molar-refractivity contribution is 5.71. The number of hydrogen-bond acceptors (Lipinski definition) is 6. The monoisotopic (exact) mass is 863 g/mol. The van der Waals surface area contributed by atoms with Crippen molar-refractivity contribution in [3.63, 3.8) is 0 Å². The highest BCUT2D eigenvalue weighted by Gasteiger charge is 2.19. The summed E-state index contributed by atoms with van der Waals surface area (Å²) in [6, 6.07) is 0. The molecule has 354 valence electrons. The summed E-state index contributed by atoms with van der Waals surface area (Å²) in [5.74, 6) is -0.959. The summed E-state index contributed by atoms with van der Waals surface area (Å²) in [4.78, 5) is 37.8. The second-order valence-corrected chi connectivity index (χ2v) is 16.7. The van der Waals surface area contributed by atoms with Crippen molar-refractivity contribution < 1.29 is 28.6 Å². The SMILES string of the molecule is CC/C=C\C/C=C\C/C=C\C/C=C\CCCCC(=O)OC(COC(=O)CCCCCCCC/C=C\C/C=C\C/C=C\CCCCCCC)COC(=O)CCCCCCCCCC. The molecule has 0 aromatic rings. The number of rotatable bonds is 45. The number of unbranched alkanes of at least 4 members (excludes halogenated alkanes) is 20. The maximum Gasteiger partial charge on any atom is 0.306 e. The zero-order valence-electron chi connectivity index (χ0n) is 40.4. The van der Waals surface area contributed by atoms with Gasteiger partial charge in [0.1, 0.15) is 13.2 Å². The summed E-state index contributed by atoms with van der Waals surface area (Å²) in [7, 11) is 0. The second-order valence-electron chi connectivity index (χ2n) is 16.7. The lowest BCUT2D eigenvalue weighted by molar-refractivity contribution is -0.167. The van der Waals surface area contributed by atoms with E-state index >= 15 is 0 Å². The Kier molecular flexibility index (Phi) is 47.5. The molecule has 0 amide bonds. The van der Waals surface area contributed by atoms with E-state index in [0.717, 1.165) is 96.3 Å². The van der Waals surface area contributed by atoms with E-state index in [-0.39, 0.29) is 37.5 Å². The van der Waals surface area contributed by atoms with Crippen LogP contribution < -0.4 is 0 Å². The molecule has 0 N–H and O–H groups in total. The largest absolute Gasteiger partial charge is 0.462 e. The van der Waals surface area contributed by atoms with Gasteiger partial charge in [0.25, 0.3) is 0 Å². The molecule has 6 nitrogen and oxygen atoms in total. The lowest BCUT2D eigenvalue weighted by atomic mass is 10.1. The van der Waals surface area contributed by atoms with Gasteiger partial charge in [-0.25, -0.2) is 0 Å². The van der Waals surface area contributed by atoms with Crippen LogP contribution in [0.15, 0.2) is 85.1 Å². The summed E-state index contributed by atoms with van der Waals surface area (Å²) in [6.45, 7) is 6.43. The Balaban J connectivity index is 4.36. The van der Waals surface area contributed by atoms with Crippen LogP contribution in [0.25, 0.3) is 0 Å². The van der Waals surface area contributed by atoms with Crippen molar-refractivity contribution in [1.29, 1.82) is 0 Å². The van der Waals surface area contributed by atoms with Gasteiger partial charge in [-0.3, -0.25) is 14.4 Å². The third-order valence-corrected chi connectivity index (χ3v) is 10.6. The Labute approximate surface area is 382 Å². The van der Waals surface area contributed by atoms with E-state index in [2.05, 4.69) is 106 Å². The van der Waals surface area contributed by atoms with Gasteiger partial charge in [0, 0.05) is 19.3 Å². The number of carbonyl (C=O) groups is 3. The van der Waals surface area contributed by atoms with Gasteiger partial charge in [0.15, 0.2) is 6.10 Å². The number of esters is 3.